The topological polar surface area (TPSA) is 157 Å². The van der Waals surface area contributed by atoms with E-state index in [0.717, 1.165) is 11.3 Å². The van der Waals surface area contributed by atoms with Gasteiger partial charge in [-0.15, -0.1) is 16.4 Å². The number of thiophene rings is 1. The molecule has 1 atom stereocenters. The molecule has 13 heteroatoms. The first-order valence-corrected chi connectivity index (χ1v) is 11.9. The number of tetrazole rings is 1. The van der Waals surface area contributed by atoms with Gasteiger partial charge in [0.2, 0.25) is 11.3 Å². The molecule has 1 unspecified atom stereocenters. The maximum Gasteiger partial charge on any atom is 0.345 e. The van der Waals surface area contributed by atoms with Gasteiger partial charge in [-0.1, -0.05) is 11.6 Å². The van der Waals surface area contributed by atoms with Gasteiger partial charge in [0, 0.05) is 21.7 Å². The van der Waals surface area contributed by atoms with E-state index in [4.69, 9.17) is 11.6 Å². The van der Waals surface area contributed by atoms with Crippen molar-refractivity contribution in [3.63, 3.8) is 0 Å². The first-order valence-electron chi connectivity index (χ1n) is 10.7. The van der Waals surface area contributed by atoms with E-state index < -0.39 is 11.6 Å². The van der Waals surface area contributed by atoms with E-state index in [1.54, 1.807) is 24.3 Å². The lowest BCUT2D eigenvalue weighted by Crippen LogP contribution is -2.42. The van der Waals surface area contributed by atoms with Gasteiger partial charge in [-0.25, -0.2) is 9.78 Å². The second kappa shape index (κ2) is 8.22. The molecule has 0 aliphatic heterocycles. The van der Waals surface area contributed by atoms with Gasteiger partial charge in [-0.05, 0) is 59.7 Å². The fourth-order valence-corrected chi connectivity index (χ4v) is 5.52. The van der Waals surface area contributed by atoms with E-state index >= 15 is 0 Å². The van der Waals surface area contributed by atoms with Gasteiger partial charge in [-0.2, -0.15) is 9.41 Å². The molecule has 0 saturated heterocycles. The van der Waals surface area contributed by atoms with Gasteiger partial charge in [0.25, 0.3) is 0 Å². The van der Waals surface area contributed by atoms with Gasteiger partial charge in [0.15, 0.2) is 6.20 Å². The van der Waals surface area contributed by atoms with E-state index in [2.05, 4.69) is 25.5 Å². The van der Waals surface area contributed by atoms with E-state index in [0.29, 0.717) is 49.1 Å². The lowest BCUT2D eigenvalue weighted by molar-refractivity contribution is -0.620. The van der Waals surface area contributed by atoms with E-state index in [9.17, 15) is 20.2 Å². The van der Waals surface area contributed by atoms with Crippen LogP contribution in [0.15, 0.2) is 55.1 Å². The summed E-state index contributed by atoms with van der Waals surface area (Å²) in [7, 11) is 0. The number of fused-ring (bicyclic) bond motifs is 1. The van der Waals surface area contributed by atoms with Crippen molar-refractivity contribution in [1.29, 1.82) is 0 Å². The molecule has 4 aromatic heterocycles. The Bertz CT molecular complexity index is 1630. The number of carboxylic acids is 1. The standard InChI is InChI=1S/C23H16ClN7O4S/c24-14-1-2-17(30-11-26-28-29-30)15(8-14)13-7-12-5-6-23(34,20(12)31(35)10-13)22-25-9-16(27-22)18-3-4-19(36-18)21(32)33/h1-4,7-11,34H,5-6H2,(H,25,27)(H,32,33). The Hall–Kier alpha value is -4.13. The first-order chi connectivity index (χ1) is 17.3. The summed E-state index contributed by atoms with van der Waals surface area (Å²) in [6.07, 6.45) is 5.06. The average molecular weight is 522 g/mol. The van der Waals surface area contributed by atoms with Crippen molar-refractivity contribution in [3.05, 3.63) is 87.3 Å². The zero-order chi connectivity index (χ0) is 25.0. The van der Waals surface area contributed by atoms with Gasteiger partial charge >= 0.3 is 5.97 Å². The van der Waals surface area contributed by atoms with Crippen LogP contribution in [-0.2, 0) is 12.0 Å². The smallest absolute Gasteiger partial charge is 0.345 e. The van der Waals surface area contributed by atoms with Crippen LogP contribution < -0.4 is 4.73 Å². The SMILES string of the molecule is O=C(O)c1ccc(-c2cnc(C3(O)CCc4cc(-c5cc(Cl)ccc5-n5cnnn5)c[n+]([O-])c43)[nH]2)s1. The van der Waals surface area contributed by atoms with Crippen LogP contribution in [0.1, 0.15) is 33.2 Å². The molecular formula is C23H16ClN7O4S. The van der Waals surface area contributed by atoms with Gasteiger partial charge < -0.3 is 20.4 Å². The average Bonchev–Trinajstić information content (AvgIpc) is 3.65. The van der Waals surface area contributed by atoms with Crippen LogP contribution in [0.3, 0.4) is 0 Å². The number of hydrogen-bond donors (Lipinski definition) is 3. The van der Waals surface area contributed by atoms with Crippen molar-refractivity contribution >= 4 is 28.9 Å². The maximum absolute atomic E-state index is 13.3. The molecule has 0 fully saturated rings. The van der Waals surface area contributed by atoms with Crippen LogP contribution >= 0.6 is 22.9 Å². The predicted octanol–water partition coefficient (Wildman–Crippen LogP) is 2.95. The molecule has 4 heterocycles. The highest BCUT2D eigenvalue weighted by molar-refractivity contribution is 7.17. The number of aromatic nitrogens is 7. The number of benzene rings is 1. The molecule has 0 amide bonds. The molecule has 5 aromatic rings. The van der Waals surface area contributed by atoms with Crippen molar-refractivity contribution in [3.8, 4) is 27.4 Å². The summed E-state index contributed by atoms with van der Waals surface area (Å²) < 4.78 is 2.15. The number of aryl methyl sites for hydroxylation is 1. The minimum Gasteiger partial charge on any atom is -0.618 e. The van der Waals surface area contributed by atoms with Crippen molar-refractivity contribution in [2.45, 2.75) is 18.4 Å². The fourth-order valence-electron chi connectivity index (χ4n) is 4.54. The lowest BCUT2D eigenvalue weighted by Gasteiger charge is -2.20. The van der Waals surface area contributed by atoms with Crippen LogP contribution in [0, 0.1) is 5.21 Å². The Labute approximate surface area is 211 Å². The Balaban J connectivity index is 1.40. The van der Waals surface area contributed by atoms with Crippen LogP contribution in [0.4, 0.5) is 0 Å². The molecule has 0 radical (unpaired) electrons. The predicted molar refractivity (Wildman–Crippen MR) is 129 cm³/mol. The summed E-state index contributed by atoms with van der Waals surface area (Å²) in [5, 5.41) is 45.9. The highest BCUT2D eigenvalue weighted by Crippen LogP contribution is 2.41. The van der Waals surface area contributed by atoms with Crippen LogP contribution in [-0.4, -0.2) is 46.4 Å². The Morgan fingerprint density at radius 3 is 2.89 bits per heavy atom. The number of aromatic carboxylic acids is 1. The quantitative estimate of drug-likeness (QED) is 0.235. The molecule has 6 rings (SSSR count). The third kappa shape index (κ3) is 3.54. The largest absolute Gasteiger partial charge is 0.618 e. The number of halogens is 1. The second-order valence-electron chi connectivity index (χ2n) is 8.32. The van der Waals surface area contributed by atoms with Crippen molar-refractivity contribution < 1.29 is 19.7 Å². The molecular weight excluding hydrogens is 506 g/mol. The molecule has 0 spiro atoms. The Morgan fingerprint density at radius 2 is 2.14 bits per heavy atom. The lowest BCUT2D eigenvalue weighted by atomic mass is 9.98. The summed E-state index contributed by atoms with van der Waals surface area (Å²) in [6.45, 7) is 0. The van der Waals surface area contributed by atoms with E-state index in [1.807, 2.05) is 6.07 Å². The number of hydrogen-bond acceptors (Lipinski definition) is 8. The molecule has 11 nitrogen and oxygen atoms in total. The number of carbonyl (C=O) groups is 1. The summed E-state index contributed by atoms with van der Waals surface area (Å²) in [5.41, 5.74) is 1.69. The van der Waals surface area contributed by atoms with Gasteiger partial charge in [0.1, 0.15) is 17.0 Å². The van der Waals surface area contributed by atoms with Crippen molar-refractivity contribution in [1.82, 2.24) is 30.2 Å². The first kappa shape index (κ1) is 22.3. The third-order valence-electron chi connectivity index (χ3n) is 6.17. The zero-order valence-electron chi connectivity index (χ0n) is 18.3. The minimum absolute atomic E-state index is 0.190. The highest BCUT2D eigenvalue weighted by Gasteiger charge is 2.48. The number of aliphatic hydroxyl groups is 1. The fraction of sp³-hybridized carbons (Fsp3) is 0.130. The number of nitrogens with one attached hydrogen (secondary N) is 1. The summed E-state index contributed by atoms with van der Waals surface area (Å²) in [5.74, 6) is -0.795. The molecule has 3 N–H and O–H groups in total. The van der Waals surface area contributed by atoms with Gasteiger partial charge in [0.05, 0.1) is 22.5 Å². The molecule has 1 aromatic carbocycles. The van der Waals surface area contributed by atoms with E-state index in [1.165, 1.54) is 29.5 Å². The third-order valence-corrected chi connectivity index (χ3v) is 7.52. The normalized spacial score (nSPS) is 16.8. The van der Waals surface area contributed by atoms with E-state index in [-0.39, 0.29) is 22.8 Å². The molecule has 0 bridgehead atoms. The monoisotopic (exact) mass is 521 g/mol. The number of pyridine rings is 1. The number of aromatic amines is 1. The number of carboxylic acid groups (broad SMARTS) is 1. The molecule has 0 saturated carbocycles. The maximum atomic E-state index is 13.3. The summed E-state index contributed by atoms with van der Waals surface area (Å²) in [6, 6.07) is 10.2. The molecule has 1 aliphatic rings. The van der Waals surface area contributed by atoms with Gasteiger partial charge in [-0.3, -0.25) is 0 Å². The van der Waals surface area contributed by atoms with Crippen molar-refractivity contribution in [2.24, 2.45) is 0 Å². The van der Waals surface area contributed by atoms with Crippen LogP contribution in [0.2, 0.25) is 5.02 Å². The Kier molecular flexibility index (Phi) is 5.10. The molecule has 36 heavy (non-hydrogen) atoms. The number of H-pyrrole nitrogens is 1. The second-order valence-corrected chi connectivity index (χ2v) is 9.84. The summed E-state index contributed by atoms with van der Waals surface area (Å²) >= 11 is 7.34. The molecule has 1 aliphatic carbocycles. The molecule has 180 valence electrons. The van der Waals surface area contributed by atoms with Crippen molar-refractivity contribution in [2.75, 3.05) is 0 Å². The van der Waals surface area contributed by atoms with Crippen LogP contribution in [0.5, 0.6) is 0 Å². The Morgan fingerprint density at radius 1 is 1.28 bits per heavy atom. The zero-order valence-corrected chi connectivity index (χ0v) is 19.9. The summed E-state index contributed by atoms with van der Waals surface area (Å²) in [4.78, 5) is 19.5. The number of rotatable bonds is 5. The number of imidazole rings is 1. The van der Waals surface area contributed by atoms with Crippen LogP contribution in [0.25, 0.3) is 27.4 Å². The highest BCUT2D eigenvalue weighted by atomic mass is 35.5. The number of nitrogens with zero attached hydrogens (tertiary/aromatic N) is 6. The minimum atomic E-state index is -1.63.